The van der Waals surface area contributed by atoms with Gasteiger partial charge in [-0.2, -0.15) is 17.5 Å². The zero-order chi connectivity index (χ0) is 76.3. The summed E-state index contributed by atoms with van der Waals surface area (Å²) in [5.41, 5.74) is 9.08. The molecule has 8 heterocycles. The number of fused-ring (bicyclic) bond motifs is 5. The molecule has 0 aliphatic rings. The molecule has 17 heteroatoms. The molecule has 11 rings (SSSR count). The SMILES string of the molecule is CCCCCCCCCCCCC(CCCCCCCCCC)Cc1cc(-c2c(F)c3c(cc(-c4cc(CC(CCCCCCCCCC)CCCCCCCCCCCC)c(-c5cc(F)c(-c6ccc(-c7cc(CO)c(-c8cc(F)c(-c9ccc(C)s9)s8)cc7CO)s6)s5)s4)c4nsnc43)c3nsnc23)sc1C. The Bertz CT molecular complexity index is 4540. The summed E-state index contributed by atoms with van der Waals surface area (Å²) in [6.45, 7) is 12.8. The largest absolute Gasteiger partial charge is 0.392 e. The normalized spacial score (nSPS) is 12.6. The minimum atomic E-state index is -0.318. The predicted molar refractivity (Wildman–Crippen MR) is 474 cm³/mol. The molecule has 0 bridgehead atoms. The van der Waals surface area contributed by atoms with Gasteiger partial charge < -0.3 is 10.2 Å². The number of aryl methyl sites for hydroxylation is 2. The van der Waals surface area contributed by atoms with Gasteiger partial charge in [-0.15, -0.1) is 68.0 Å². The molecule has 2 atom stereocenters. The maximum atomic E-state index is 18.4. The van der Waals surface area contributed by atoms with Crippen LogP contribution in [0.3, 0.4) is 0 Å². The standard InChI is InChI=1S/C92H121F3N4O2S8/c1-7-11-15-19-23-27-29-33-37-40-44-64(43-39-35-31-25-21-17-13-9-3)51-66-55-81(103-63(66)6)84-85(95)83-73(87-89(84)99-109-97-87)57-72(86-88(83)98-108-96-86)79-56-67(52-65(45-41-36-32-26-22-18-14-10-4)46-42-38-34-30-28-24-20-16-12-8-2)90(105-79)82-59-75(94)92(107-82)78-50-49-76(104-78)70-53-69(61-101)71(54-68(70)60-100)80-58-74(93)91(106-80)77-48-47-62(5)102-77/h47-50,53-59,64-65,100-101H,7-46,51-52,60-61H2,1-6H3. The molecular formula is C92H121F3N4O2S8. The average molecular weight is 1630 g/mol. The Balaban J connectivity index is 0.911. The molecule has 2 N–H and O–H groups in total. The van der Waals surface area contributed by atoms with Crippen LogP contribution in [0.15, 0.2) is 66.7 Å². The molecule has 0 saturated carbocycles. The van der Waals surface area contributed by atoms with E-state index in [0.29, 0.717) is 81.6 Å². The molecule has 0 aliphatic heterocycles. The fourth-order valence-electron chi connectivity index (χ4n) is 16.5. The van der Waals surface area contributed by atoms with Gasteiger partial charge in [0.1, 0.15) is 39.5 Å². The number of rotatable bonds is 53. The maximum Gasteiger partial charge on any atom is 0.144 e. The number of halogens is 3. The lowest BCUT2D eigenvalue weighted by Gasteiger charge is -2.17. The van der Waals surface area contributed by atoms with E-state index in [1.54, 1.807) is 40.1 Å². The van der Waals surface area contributed by atoms with Crippen LogP contribution in [0.25, 0.3) is 104 Å². The highest BCUT2D eigenvalue weighted by molar-refractivity contribution is 7.28. The highest BCUT2D eigenvalue weighted by Gasteiger charge is 2.30. The number of hydrogen-bond acceptors (Lipinski definition) is 14. The van der Waals surface area contributed by atoms with E-state index in [0.717, 1.165) is 99.3 Å². The minimum Gasteiger partial charge on any atom is -0.392 e. The second kappa shape index (κ2) is 44.9. The fraction of sp³-hybridized carbons (Fsp3) is 0.565. The smallest absolute Gasteiger partial charge is 0.144 e. The summed E-state index contributed by atoms with van der Waals surface area (Å²) in [4.78, 5) is 10.4. The lowest BCUT2D eigenvalue weighted by Crippen LogP contribution is -2.05. The Morgan fingerprint density at radius 1 is 0.330 bits per heavy atom. The van der Waals surface area contributed by atoms with Crippen molar-refractivity contribution in [1.29, 1.82) is 0 Å². The number of hydrogen-bond donors (Lipinski definition) is 2. The predicted octanol–water partition coefficient (Wildman–Crippen LogP) is 32.9. The van der Waals surface area contributed by atoms with Gasteiger partial charge in [-0.25, -0.2) is 13.2 Å². The maximum absolute atomic E-state index is 18.4. The summed E-state index contributed by atoms with van der Waals surface area (Å²) >= 11 is 11.5. The molecule has 11 aromatic rings. The van der Waals surface area contributed by atoms with Crippen LogP contribution in [-0.2, 0) is 26.1 Å². The Kier molecular flexibility index (Phi) is 35.2. The molecule has 0 fully saturated rings. The molecule has 0 aliphatic carbocycles. The minimum absolute atomic E-state index is 0.274. The van der Waals surface area contributed by atoms with Crippen molar-refractivity contribution in [3.8, 4) is 71.0 Å². The number of unbranched alkanes of at least 4 members (excludes halogenated alkanes) is 32. The fourth-order valence-corrected chi connectivity index (χ4v) is 24.3. The highest BCUT2D eigenvalue weighted by atomic mass is 32.1. The molecule has 2 unspecified atom stereocenters. The first-order valence-corrected chi connectivity index (χ1v) is 48.7. The summed E-state index contributed by atoms with van der Waals surface area (Å²) in [5.74, 6) is 0.115. The summed E-state index contributed by atoms with van der Waals surface area (Å²) < 4.78 is 71.4. The van der Waals surface area contributed by atoms with Crippen molar-refractivity contribution in [2.75, 3.05) is 0 Å². The van der Waals surface area contributed by atoms with E-state index >= 15 is 13.2 Å². The molecule has 0 radical (unpaired) electrons. The number of benzene rings is 3. The topological polar surface area (TPSA) is 92.0 Å². The molecule has 109 heavy (non-hydrogen) atoms. The molecule has 6 nitrogen and oxygen atoms in total. The Labute approximate surface area is 683 Å². The van der Waals surface area contributed by atoms with Crippen molar-refractivity contribution in [3.63, 3.8) is 0 Å². The third-order valence-corrected chi connectivity index (χ3v) is 31.1. The molecule has 0 amide bonds. The van der Waals surface area contributed by atoms with Crippen molar-refractivity contribution in [1.82, 2.24) is 17.5 Å². The van der Waals surface area contributed by atoms with Gasteiger partial charge in [0.15, 0.2) is 0 Å². The van der Waals surface area contributed by atoms with Gasteiger partial charge >= 0.3 is 0 Å². The van der Waals surface area contributed by atoms with E-state index in [1.165, 1.54) is 300 Å². The van der Waals surface area contributed by atoms with Crippen LogP contribution in [0.2, 0.25) is 0 Å². The van der Waals surface area contributed by atoms with Crippen molar-refractivity contribution >= 4 is 124 Å². The number of nitrogens with zero attached hydrogens (tertiary/aromatic N) is 4. The first kappa shape index (κ1) is 85.4. The van der Waals surface area contributed by atoms with Crippen LogP contribution < -0.4 is 0 Å². The molecule has 0 spiro atoms. The summed E-state index contributed by atoms with van der Waals surface area (Å²) in [6, 6.07) is 21.7. The summed E-state index contributed by atoms with van der Waals surface area (Å²) in [7, 11) is 0. The third kappa shape index (κ3) is 23.4. The Morgan fingerprint density at radius 2 is 0.725 bits per heavy atom. The monoisotopic (exact) mass is 1630 g/mol. The highest BCUT2D eigenvalue weighted by Crippen LogP contribution is 2.52. The molecule has 3 aromatic carbocycles. The van der Waals surface area contributed by atoms with E-state index in [-0.39, 0.29) is 30.7 Å². The number of aromatic nitrogens is 4. The van der Waals surface area contributed by atoms with Crippen LogP contribution in [0.4, 0.5) is 13.2 Å². The second-order valence-corrected chi connectivity index (χ2v) is 39.2. The van der Waals surface area contributed by atoms with Crippen molar-refractivity contribution in [2.24, 2.45) is 11.8 Å². The van der Waals surface area contributed by atoms with Gasteiger partial charge in [-0.3, -0.25) is 0 Å². The molecule has 8 aromatic heterocycles. The van der Waals surface area contributed by atoms with Crippen molar-refractivity contribution < 1.29 is 23.4 Å². The first-order chi connectivity index (χ1) is 53.4. The van der Waals surface area contributed by atoms with Gasteiger partial charge in [0.2, 0.25) is 0 Å². The van der Waals surface area contributed by atoms with E-state index in [1.807, 2.05) is 43.3 Å². The number of aliphatic hydroxyl groups excluding tert-OH is 2. The van der Waals surface area contributed by atoms with Crippen LogP contribution in [0, 0.1) is 43.1 Å². The van der Waals surface area contributed by atoms with Gasteiger partial charge in [-0.05, 0) is 139 Å². The molecule has 590 valence electrons. The van der Waals surface area contributed by atoms with Crippen LogP contribution in [0.5, 0.6) is 0 Å². The Morgan fingerprint density at radius 3 is 1.22 bits per heavy atom. The van der Waals surface area contributed by atoms with E-state index < -0.39 is 0 Å². The molecule has 0 saturated heterocycles. The van der Waals surface area contributed by atoms with Gasteiger partial charge in [0.25, 0.3) is 0 Å². The van der Waals surface area contributed by atoms with E-state index in [2.05, 4.69) is 52.8 Å². The van der Waals surface area contributed by atoms with E-state index in [4.69, 9.17) is 17.5 Å². The quantitative estimate of drug-likeness (QED) is 0.0369. The zero-order valence-corrected chi connectivity index (χ0v) is 72.7. The Hall–Kier alpha value is -4.53. The third-order valence-electron chi connectivity index (χ3n) is 22.8. The second-order valence-electron chi connectivity index (χ2n) is 31.4. The average Bonchev–Trinajstić information content (AvgIpc) is 1.61. The first-order valence-electron chi connectivity index (χ1n) is 42.3. The summed E-state index contributed by atoms with van der Waals surface area (Å²) in [5, 5.41) is 23.0. The van der Waals surface area contributed by atoms with Crippen molar-refractivity contribution in [2.45, 2.75) is 324 Å². The molecular weight excluding hydrogens is 1510 g/mol. The van der Waals surface area contributed by atoms with Crippen molar-refractivity contribution in [3.05, 3.63) is 116 Å². The van der Waals surface area contributed by atoms with Crippen LogP contribution >= 0.6 is 91.5 Å². The number of aliphatic hydroxyl groups is 2. The van der Waals surface area contributed by atoms with Gasteiger partial charge in [0, 0.05) is 65.1 Å². The zero-order valence-electron chi connectivity index (χ0n) is 66.2. The lowest BCUT2D eigenvalue weighted by atomic mass is 9.88. The van der Waals surface area contributed by atoms with E-state index in [9.17, 15) is 10.2 Å². The van der Waals surface area contributed by atoms with Gasteiger partial charge in [-0.1, -0.05) is 285 Å². The van der Waals surface area contributed by atoms with Gasteiger partial charge in [0.05, 0.1) is 52.0 Å². The lowest BCUT2D eigenvalue weighted by molar-refractivity contribution is 0.279. The van der Waals surface area contributed by atoms with Crippen LogP contribution in [-0.4, -0.2) is 27.7 Å². The number of thiophene rings is 6. The van der Waals surface area contributed by atoms with Crippen LogP contribution in [0.1, 0.15) is 317 Å². The summed E-state index contributed by atoms with van der Waals surface area (Å²) in [6.07, 6.45) is 53.8.